The highest BCUT2D eigenvalue weighted by Crippen LogP contribution is 2.26. The van der Waals surface area contributed by atoms with Gasteiger partial charge in [0.15, 0.2) is 0 Å². The third-order valence-electron chi connectivity index (χ3n) is 5.28. The molecule has 1 aromatic rings. The van der Waals surface area contributed by atoms with Gasteiger partial charge >= 0.3 is 6.09 Å². The fourth-order valence-corrected chi connectivity index (χ4v) is 3.70. The minimum Gasteiger partial charge on any atom is -0.465 e. The summed E-state index contributed by atoms with van der Waals surface area (Å²) in [5.41, 5.74) is 1.13. The lowest BCUT2D eigenvalue weighted by Gasteiger charge is -2.37. The predicted octanol–water partition coefficient (Wildman–Crippen LogP) is 2.83. The van der Waals surface area contributed by atoms with Gasteiger partial charge in [-0.1, -0.05) is 31.4 Å². The summed E-state index contributed by atoms with van der Waals surface area (Å²) in [7, 11) is 0. The van der Waals surface area contributed by atoms with Crippen LogP contribution in [-0.2, 0) is 11.3 Å². The summed E-state index contributed by atoms with van der Waals surface area (Å²) in [4.78, 5) is 26.4. The molecule has 0 bridgehead atoms. The van der Waals surface area contributed by atoms with Gasteiger partial charge in [0.05, 0.1) is 6.07 Å². The Balaban J connectivity index is 0.000000370. The first kappa shape index (κ1) is 22.6. The van der Waals surface area contributed by atoms with Crippen LogP contribution in [-0.4, -0.2) is 59.6 Å². The highest BCUT2D eigenvalue weighted by molar-refractivity contribution is 5.79. The van der Waals surface area contributed by atoms with Crippen molar-refractivity contribution in [2.45, 2.75) is 38.6 Å². The number of hydrogen-bond donors (Lipinski definition) is 2. The standard InChI is InChI=1S/C18H25FN2O.C3H4N2O2/c19-17-8-6-15(7-9-17)14-20-10-12-21(13-11-20)18(22)16-4-2-1-3-5-16;4-1-2-5-3(6)7/h6-9,16H,1-5,10-14H2;5H,2H2,(H,6,7). The fourth-order valence-electron chi connectivity index (χ4n) is 3.70. The van der Waals surface area contributed by atoms with Crippen LogP contribution in [0.5, 0.6) is 0 Å². The summed E-state index contributed by atoms with van der Waals surface area (Å²) in [6.45, 7) is 4.18. The Bertz CT molecular complexity index is 691. The van der Waals surface area contributed by atoms with Gasteiger partial charge in [0.2, 0.25) is 5.91 Å². The van der Waals surface area contributed by atoms with E-state index in [4.69, 9.17) is 10.4 Å². The molecule has 2 amide bonds. The Hall–Kier alpha value is -2.66. The molecule has 0 atom stereocenters. The number of nitriles is 1. The normalized spacial score (nSPS) is 17.6. The van der Waals surface area contributed by atoms with Crippen molar-refractivity contribution in [1.82, 2.24) is 15.1 Å². The monoisotopic (exact) mass is 404 g/mol. The molecule has 158 valence electrons. The molecule has 0 aromatic heterocycles. The summed E-state index contributed by atoms with van der Waals surface area (Å²) in [5, 5.41) is 17.4. The number of hydrogen-bond acceptors (Lipinski definition) is 4. The molecule has 2 aliphatic rings. The molecule has 0 radical (unpaired) electrons. The van der Waals surface area contributed by atoms with Gasteiger partial charge < -0.3 is 15.3 Å². The van der Waals surface area contributed by atoms with Crippen LogP contribution in [0.2, 0.25) is 0 Å². The maximum Gasteiger partial charge on any atom is 0.405 e. The van der Waals surface area contributed by atoms with Crippen LogP contribution >= 0.6 is 0 Å². The number of carboxylic acid groups (broad SMARTS) is 1. The Kier molecular flexibility index (Phi) is 9.38. The van der Waals surface area contributed by atoms with Crippen molar-refractivity contribution < 1.29 is 19.1 Å². The topological polar surface area (TPSA) is 96.7 Å². The molecule has 2 N–H and O–H groups in total. The van der Waals surface area contributed by atoms with E-state index in [0.29, 0.717) is 5.91 Å². The van der Waals surface area contributed by atoms with Crippen LogP contribution in [0.15, 0.2) is 24.3 Å². The summed E-state index contributed by atoms with van der Waals surface area (Å²) < 4.78 is 12.9. The maximum atomic E-state index is 12.9. The number of rotatable bonds is 4. The van der Waals surface area contributed by atoms with E-state index >= 15 is 0 Å². The second kappa shape index (κ2) is 12.0. The molecule has 1 aliphatic carbocycles. The van der Waals surface area contributed by atoms with E-state index in [1.54, 1.807) is 6.07 Å². The summed E-state index contributed by atoms with van der Waals surface area (Å²) in [5.74, 6) is 0.463. The van der Waals surface area contributed by atoms with Gasteiger partial charge in [-0.15, -0.1) is 0 Å². The van der Waals surface area contributed by atoms with Gasteiger partial charge in [-0.2, -0.15) is 5.26 Å². The number of benzene rings is 1. The van der Waals surface area contributed by atoms with E-state index < -0.39 is 6.09 Å². The van der Waals surface area contributed by atoms with Gasteiger partial charge in [0.1, 0.15) is 12.4 Å². The zero-order chi connectivity index (χ0) is 21.1. The largest absolute Gasteiger partial charge is 0.465 e. The third-order valence-corrected chi connectivity index (χ3v) is 5.28. The first-order chi connectivity index (χ1) is 14.0. The van der Waals surface area contributed by atoms with Gasteiger partial charge in [0.25, 0.3) is 0 Å². The quantitative estimate of drug-likeness (QED) is 0.752. The first-order valence-electron chi connectivity index (χ1n) is 10.1. The number of carbonyl (C=O) groups is 2. The van der Waals surface area contributed by atoms with Crippen LogP contribution in [0.25, 0.3) is 0 Å². The molecule has 3 rings (SSSR count). The van der Waals surface area contributed by atoms with Gasteiger partial charge in [-0.25, -0.2) is 9.18 Å². The van der Waals surface area contributed by atoms with Gasteiger partial charge in [-0.3, -0.25) is 9.69 Å². The van der Waals surface area contributed by atoms with Crippen molar-refractivity contribution in [2.24, 2.45) is 5.92 Å². The van der Waals surface area contributed by atoms with E-state index in [0.717, 1.165) is 51.1 Å². The smallest absolute Gasteiger partial charge is 0.405 e. The number of nitrogens with one attached hydrogen (secondary N) is 1. The molecule has 1 heterocycles. The van der Waals surface area contributed by atoms with Crippen molar-refractivity contribution in [3.05, 3.63) is 35.6 Å². The molecule has 2 fully saturated rings. The zero-order valence-corrected chi connectivity index (χ0v) is 16.6. The molecule has 7 nitrogen and oxygen atoms in total. The predicted molar refractivity (Wildman–Crippen MR) is 106 cm³/mol. The van der Waals surface area contributed by atoms with Gasteiger partial charge in [-0.05, 0) is 30.5 Å². The Labute approximate surface area is 171 Å². The lowest BCUT2D eigenvalue weighted by molar-refractivity contribution is -0.138. The van der Waals surface area contributed by atoms with Crippen LogP contribution in [0.3, 0.4) is 0 Å². The van der Waals surface area contributed by atoms with E-state index in [1.165, 1.54) is 31.4 Å². The highest BCUT2D eigenvalue weighted by atomic mass is 19.1. The minimum absolute atomic E-state index is 0.144. The Morgan fingerprint density at radius 2 is 1.72 bits per heavy atom. The third kappa shape index (κ3) is 8.08. The van der Waals surface area contributed by atoms with Crippen molar-refractivity contribution in [1.29, 1.82) is 5.26 Å². The second-order valence-corrected chi connectivity index (χ2v) is 7.38. The average Bonchev–Trinajstić information content (AvgIpc) is 2.75. The highest BCUT2D eigenvalue weighted by Gasteiger charge is 2.28. The average molecular weight is 404 g/mol. The molecule has 0 spiro atoms. The zero-order valence-electron chi connectivity index (χ0n) is 16.6. The maximum absolute atomic E-state index is 12.9. The minimum atomic E-state index is -1.17. The molecule has 8 heteroatoms. The molecular weight excluding hydrogens is 375 g/mol. The second-order valence-electron chi connectivity index (χ2n) is 7.38. The van der Waals surface area contributed by atoms with E-state index in [-0.39, 0.29) is 18.3 Å². The van der Waals surface area contributed by atoms with Crippen molar-refractivity contribution in [2.75, 3.05) is 32.7 Å². The van der Waals surface area contributed by atoms with Crippen molar-refractivity contribution in [3.63, 3.8) is 0 Å². The van der Waals surface area contributed by atoms with Crippen LogP contribution in [0.4, 0.5) is 9.18 Å². The van der Waals surface area contributed by atoms with Crippen LogP contribution in [0, 0.1) is 23.1 Å². The Morgan fingerprint density at radius 3 is 2.24 bits per heavy atom. The fraction of sp³-hybridized carbons (Fsp3) is 0.571. The number of nitrogens with zero attached hydrogens (tertiary/aromatic N) is 3. The van der Waals surface area contributed by atoms with E-state index in [2.05, 4.69) is 9.80 Å². The number of carbonyl (C=O) groups excluding carboxylic acids is 1. The molecular formula is C21H29FN4O3. The SMILES string of the molecule is N#CCNC(=O)O.O=C(C1CCCCC1)N1CCN(Cc2ccc(F)cc2)CC1. The van der Waals surface area contributed by atoms with Gasteiger partial charge in [0, 0.05) is 38.6 Å². The number of amides is 2. The molecule has 0 unspecified atom stereocenters. The number of halogens is 1. The van der Waals surface area contributed by atoms with E-state index in [1.807, 2.05) is 17.4 Å². The van der Waals surface area contributed by atoms with E-state index in [9.17, 15) is 14.0 Å². The van der Waals surface area contributed by atoms with Crippen LogP contribution < -0.4 is 5.32 Å². The van der Waals surface area contributed by atoms with Crippen molar-refractivity contribution >= 4 is 12.0 Å². The first-order valence-corrected chi connectivity index (χ1v) is 10.1. The lowest BCUT2D eigenvalue weighted by Crippen LogP contribution is -2.50. The number of piperazine rings is 1. The molecule has 1 saturated carbocycles. The summed E-state index contributed by atoms with van der Waals surface area (Å²) in [6, 6.07) is 8.32. The van der Waals surface area contributed by atoms with Crippen molar-refractivity contribution in [3.8, 4) is 6.07 Å². The van der Waals surface area contributed by atoms with Crippen LogP contribution in [0.1, 0.15) is 37.7 Å². The molecule has 1 saturated heterocycles. The summed E-state index contributed by atoms with van der Waals surface area (Å²) >= 11 is 0. The lowest BCUT2D eigenvalue weighted by atomic mass is 9.88. The Morgan fingerprint density at radius 1 is 1.10 bits per heavy atom. The molecule has 1 aliphatic heterocycles. The summed E-state index contributed by atoms with van der Waals surface area (Å²) in [6.07, 6.45) is 4.70. The molecule has 29 heavy (non-hydrogen) atoms. The molecule has 1 aromatic carbocycles.